The van der Waals surface area contributed by atoms with Gasteiger partial charge < -0.3 is 9.84 Å². The second-order valence-electron chi connectivity index (χ2n) is 6.00. The van der Waals surface area contributed by atoms with E-state index >= 15 is 0 Å². The molecule has 0 spiro atoms. The topological polar surface area (TPSA) is 29.5 Å². The highest BCUT2D eigenvalue weighted by molar-refractivity contribution is 5.48. The zero-order valence-corrected chi connectivity index (χ0v) is 12.6. The summed E-state index contributed by atoms with van der Waals surface area (Å²) in [5, 5.41) is 9.60. The number of ether oxygens (including phenoxy) is 1. The van der Waals surface area contributed by atoms with Gasteiger partial charge in [0, 0.05) is 0 Å². The fourth-order valence-corrected chi connectivity index (χ4v) is 3.26. The molecule has 0 bridgehead atoms. The third-order valence-corrected chi connectivity index (χ3v) is 4.74. The van der Waals surface area contributed by atoms with Crippen LogP contribution in [0.15, 0.2) is 6.07 Å². The van der Waals surface area contributed by atoms with Gasteiger partial charge in [0.25, 0.3) is 0 Å². The Morgan fingerprint density at radius 1 is 1.11 bits per heavy atom. The van der Waals surface area contributed by atoms with E-state index in [4.69, 9.17) is 4.74 Å². The molecule has 1 aliphatic carbocycles. The molecule has 0 aromatic heterocycles. The molecular formula is C17H26O2. The summed E-state index contributed by atoms with van der Waals surface area (Å²) < 4.78 is 5.43. The van der Waals surface area contributed by atoms with Crippen LogP contribution < -0.4 is 4.74 Å². The molecule has 2 heteroatoms. The maximum absolute atomic E-state index is 9.60. The first-order valence-corrected chi connectivity index (χ1v) is 7.34. The first-order chi connectivity index (χ1) is 9.02. The molecule has 0 heterocycles. The lowest BCUT2D eigenvalue weighted by molar-refractivity contribution is 0.108. The minimum Gasteiger partial charge on any atom is -0.496 e. The fourth-order valence-electron chi connectivity index (χ4n) is 3.26. The quantitative estimate of drug-likeness (QED) is 0.899. The van der Waals surface area contributed by atoms with Crippen molar-refractivity contribution >= 4 is 0 Å². The van der Waals surface area contributed by atoms with Gasteiger partial charge >= 0.3 is 0 Å². The van der Waals surface area contributed by atoms with Crippen LogP contribution in [0.5, 0.6) is 5.75 Å². The van der Waals surface area contributed by atoms with Crippen molar-refractivity contribution in [3.05, 3.63) is 28.3 Å². The summed E-state index contributed by atoms with van der Waals surface area (Å²) in [5.74, 6) is 1.73. The Hall–Kier alpha value is -1.02. The van der Waals surface area contributed by atoms with Gasteiger partial charge in [0.1, 0.15) is 5.75 Å². The standard InChI is InChI=1S/C17H26O2/c1-11-9-17(19-4)13(3)12(2)16(11)10-14-5-7-15(18)8-6-14/h9,14-15,18H,5-8,10H2,1-4H3. The van der Waals surface area contributed by atoms with Crippen LogP contribution >= 0.6 is 0 Å². The molecule has 2 nitrogen and oxygen atoms in total. The smallest absolute Gasteiger partial charge is 0.122 e. The largest absolute Gasteiger partial charge is 0.496 e. The minimum atomic E-state index is -0.0592. The fraction of sp³-hybridized carbons (Fsp3) is 0.647. The molecule has 19 heavy (non-hydrogen) atoms. The first-order valence-electron chi connectivity index (χ1n) is 7.34. The third kappa shape index (κ3) is 3.11. The third-order valence-electron chi connectivity index (χ3n) is 4.74. The van der Waals surface area contributed by atoms with Gasteiger partial charge in [-0.25, -0.2) is 0 Å². The minimum absolute atomic E-state index is 0.0592. The Morgan fingerprint density at radius 2 is 1.74 bits per heavy atom. The van der Waals surface area contributed by atoms with Gasteiger partial charge in [-0.15, -0.1) is 0 Å². The summed E-state index contributed by atoms with van der Waals surface area (Å²) in [6.07, 6.45) is 5.34. The van der Waals surface area contributed by atoms with Crippen molar-refractivity contribution in [3.63, 3.8) is 0 Å². The molecule has 1 fully saturated rings. The number of benzene rings is 1. The second kappa shape index (κ2) is 5.96. The van der Waals surface area contributed by atoms with Crippen LogP contribution in [-0.2, 0) is 6.42 Å². The van der Waals surface area contributed by atoms with Crippen LogP contribution in [0.4, 0.5) is 0 Å². The van der Waals surface area contributed by atoms with Crippen LogP contribution in [0.2, 0.25) is 0 Å². The van der Waals surface area contributed by atoms with Gasteiger partial charge in [0.15, 0.2) is 0 Å². The Kier molecular flexibility index (Phi) is 4.51. The molecule has 0 radical (unpaired) electrons. The Bertz CT molecular complexity index is 443. The van der Waals surface area contributed by atoms with E-state index in [0.29, 0.717) is 0 Å². The van der Waals surface area contributed by atoms with E-state index in [-0.39, 0.29) is 6.10 Å². The molecule has 106 valence electrons. The van der Waals surface area contributed by atoms with E-state index in [2.05, 4.69) is 26.8 Å². The monoisotopic (exact) mass is 262 g/mol. The summed E-state index contributed by atoms with van der Waals surface area (Å²) in [4.78, 5) is 0. The van der Waals surface area contributed by atoms with Crippen molar-refractivity contribution in [2.75, 3.05) is 7.11 Å². The molecule has 1 aliphatic rings. The molecule has 0 saturated heterocycles. The summed E-state index contributed by atoms with van der Waals surface area (Å²) >= 11 is 0. The van der Waals surface area contributed by atoms with E-state index < -0.39 is 0 Å². The molecule has 1 N–H and O–H groups in total. The highest BCUT2D eigenvalue weighted by atomic mass is 16.5. The second-order valence-corrected chi connectivity index (χ2v) is 6.00. The number of rotatable bonds is 3. The number of aryl methyl sites for hydroxylation is 1. The van der Waals surface area contributed by atoms with Gasteiger partial charge in [0.05, 0.1) is 13.2 Å². The Labute approximate surface area is 116 Å². The molecule has 0 atom stereocenters. The molecule has 1 saturated carbocycles. The molecule has 1 aromatic carbocycles. The number of aliphatic hydroxyl groups is 1. The van der Waals surface area contributed by atoms with Crippen LogP contribution in [0.25, 0.3) is 0 Å². The number of aliphatic hydroxyl groups excluding tert-OH is 1. The van der Waals surface area contributed by atoms with Crippen LogP contribution in [-0.4, -0.2) is 18.3 Å². The normalized spacial score (nSPS) is 23.4. The van der Waals surface area contributed by atoms with Gasteiger partial charge in [-0.05, 0) is 87.1 Å². The predicted octanol–water partition coefficient (Wildman–Crippen LogP) is 3.71. The number of methoxy groups -OCH3 is 1. The maximum atomic E-state index is 9.60. The van der Waals surface area contributed by atoms with Crippen molar-refractivity contribution < 1.29 is 9.84 Å². The molecule has 2 rings (SSSR count). The van der Waals surface area contributed by atoms with E-state index in [1.54, 1.807) is 7.11 Å². The van der Waals surface area contributed by atoms with Crippen molar-refractivity contribution in [2.45, 2.75) is 59.0 Å². The average Bonchev–Trinajstić information content (AvgIpc) is 2.41. The zero-order chi connectivity index (χ0) is 14.0. The van der Waals surface area contributed by atoms with Crippen LogP contribution in [0, 0.1) is 26.7 Å². The molecule has 0 aliphatic heterocycles. The SMILES string of the molecule is COc1cc(C)c(CC2CCC(O)CC2)c(C)c1C. The highest BCUT2D eigenvalue weighted by Crippen LogP contribution is 2.33. The lowest BCUT2D eigenvalue weighted by atomic mass is 9.81. The number of hydrogen-bond donors (Lipinski definition) is 1. The van der Waals surface area contributed by atoms with E-state index in [1.165, 1.54) is 22.3 Å². The number of hydrogen-bond acceptors (Lipinski definition) is 2. The molecular weight excluding hydrogens is 236 g/mol. The van der Waals surface area contributed by atoms with Crippen molar-refractivity contribution in [1.82, 2.24) is 0 Å². The van der Waals surface area contributed by atoms with Gasteiger partial charge in [-0.3, -0.25) is 0 Å². The summed E-state index contributed by atoms with van der Waals surface area (Å²) in [6.45, 7) is 6.53. The lowest BCUT2D eigenvalue weighted by Crippen LogP contribution is -2.20. The zero-order valence-electron chi connectivity index (χ0n) is 12.6. The molecule has 1 aromatic rings. The van der Waals surface area contributed by atoms with E-state index in [0.717, 1.165) is 43.8 Å². The molecule has 0 unspecified atom stereocenters. The van der Waals surface area contributed by atoms with Gasteiger partial charge in [0.2, 0.25) is 0 Å². The summed E-state index contributed by atoms with van der Waals surface area (Å²) in [5.41, 5.74) is 5.47. The Morgan fingerprint density at radius 3 is 2.32 bits per heavy atom. The summed E-state index contributed by atoms with van der Waals surface area (Å²) in [6, 6.07) is 2.16. The first kappa shape index (κ1) is 14.4. The van der Waals surface area contributed by atoms with Crippen molar-refractivity contribution in [1.29, 1.82) is 0 Å². The van der Waals surface area contributed by atoms with Crippen molar-refractivity contribution in [3.8, 4) is 5.75 Å². The van der Waals surface area contributed by atoms with Crippen molar-refractivity contribution in [2.24, 2.45) is 5.92 Å². The lowest BCUT2D eigenvalue weighted by Gasteiger charge is -2.27. The van der Waals surface area contributed by atoms with Gasteiger partial charge in [-0.1, -0.05) is 0 Å². The van der Waals surface area contributed by atoms with E-state index in [1.807, 2.05) is 0 Å². The maximum Gasteiger partial charge on any atom is 0.122 e. The highest BCUT2D eigenvalue weighted by Gasteiger charge is 2.21. The van der Waals surface area contributed by atoms with Gasteiger partial charge in [-0.2, -0.15) is 0 Å². The molecule has 0 amide bonds. The van der Waals surface area contributed by atoms with E-state index in [9.17, 15) is 5.11 Å². The Balaban J connectivity index is 2.18. The van der Waals surface area contributed by atoms with Crippen LogP contribution in [0.3, 0.4) is 0 Å². The predicted molar refractivity (Wildman–Crippen MR) is 78.9 cm³/mol. The average molecular weight is 262 g/mol. The summed E-state index contributed by atoms with van der Waals surface area (Å²) in [7, 11) is 1.74. The van der Waals surface area contributed by atoms with Crippen LogP contribution in [0.1, 0.15) is 47.9 Å².